The molecule has 7 nitrogen and oxygen atoms in total. The zero-order valence-corrected chi connectivity index (χ0v) is 19.8. The number of rotatable bonds is 8. The molecule has 0 radical (unpaired) electrons. The Bertz CT molecular complexity index is 985. The first-order valence-corrected chi connectivity index (χ1v) is 12.1. The van der Waals surface area contributed by atoms with Gasteiger partial charge >= 0.3 is 5.91 Å². The van der Waals surface area contributed by atoms with Crippen LogP contribution < -0.4 is 10.8 Å². The maximum absolute atomic E-state index is 14.3. The molecule has 1 unspecified atom stereocenters. The van der Waals surface area contributed by atoms with E-state index < -0.39 is 18.0 Å². The van der Waals surface area contributed by atoms with Crippen LogP contribution in [0.5, 0.6) is 0 Å². The molecule has 0 spiro atoms. The molecule has 1 aromatic carbocycles. The Morgan fingerprint density at radius 1 is 1.26 bits per heavy atom. The summed E-state index contributed by atoms with van der Waals surface area (Å²) in [6.07, 6.45) is 6.66. The zero-order chi connectivity index (χ0) is 23.8. The molecule has 2 saturated heterocycles. The van der Waals surface area contributed by atoms with Crippen molar-refractivity contribution in [2.75, 3.05) is 25.0 Å². The molecule has 0 saturated carbocycles. The van der Waals surface area contributed by atoms with E-state index >= 15 is 0 Å². The van der Waals surface area contributed by atoms with E-state index in [-0.39, 0.29) is 6.04 Å². The van der Waals surface area contributed by atoms with Gasteiger partial charge in [-0.25, -0.2) is 19.7 Å². The molecular formula is C25H30ClFN4O3. The number of nitrogens with one attached hydrogen (secondary N) is 2. The minimum Gasteiger partial charge on any atom is -0.365 e. The standard InChI is InChI=1S/C25H30ClFN4O3/c26-21-13-19(14-22(27)25(32)30-34-23-10-4-5-12-33-23)15-28-24(21)29-20-9-6-11-31(17-20)16-18-7-2-1-3-8-18/h1-3,7-8,13-15,20,23H,4-6,9-12,16-17H2,(H,28,29)(H,30,32)/b22-14+/t20-,23?/m1/s1. The molecule has 34 heavy (non-hydrogen) atoms. The van der Waals surface area contributed by atoms with E-state index in [1.54, 1.807) is 6.07 Å². The van der Waals surface area contributed by atoms with Crippen LogP contribution in [-0.2, 0) is 20.9 Å². The Morgan fingerprint density at radius 3 is 2.88 bits per heavy atom. The summed E-state index contributed by atoms with van der Waals surface area (Å²) >= 11 is 6.41. The normalized spacial score (nSPS) is 21.8. The molecule has 182 valence electrons. The molecule has 0 aliphatic carbocycles. The second-order valence-electron chi connectivity index (χ2n) is 8.64. The molecule has 3 heterocycles. The van der Waals surface area contributed by atoms with Gasteiger partial charge in [0.15, 0.2) is 12.1 Å². The summed E-state index contributed by atoms with van der Waals surface area (Å²) in [5.41, 5.74) is 3.77. The number of anilines is 1. The van der Waals surface area contributed by atoms with Crippen molar-refractivity contribution in [3.05, 3.63) is 64.6 Å². The van der Waals surface area contributed by atoms with Crippen LogP contribution in [0, 0.1) is 0 Å². The van der Waals surface area contributed by atoms with Gasteiger partial charge in [0.1, 0.15) is 5.82 Å². The highest BCUT2D eigenvalue weighted by Gasteiger charge is 2.21. The van der Waals surface area contributed by atoms with Gasteiger partial charge in [0, 0.05) is 38.4 Å². The van der Waals surface area contributed by atoms with Gasteiger partial charge < -0.3 is 10.1 Å². The van der Waals surface area contributed by atoms with Crippen molar-refractivity contribution < 1.29 is 18.8 Å². The summed E-state index contributed by atoms with van der Waals surface area (Å²) in [5, 5.41) is 3.78. The van der Waals surface area contributed by atoms with E-state index in [1.165, 1.54) is 11.8 Å². The number of carbonyl (C=O) groups is 1. The van der Waals surface area contributed by atoms with E-state index in [4.69, 9.17) is 21.2 Å². The molecule has 1 aromatic heterocycles. The number of nitrogens with zero attached hydrogens (tertiary/aromatic N) is 2. The molecular weight excluding hydrogens is 459 g/mol. The van der Waals surface area contributed by atoms with Gasteiger partial charge in [-0.3, -0.25) is 9.69 Å². The van der Waals surface area contributed by atoms with Gasteiger partial charge in [-0.05, 0) is 55.5 Å². The second kappa shape index (κ2) is 12.3. The third-order valence-corrected chi connectivity index (χ3v) is 6.18. The van der Waals surface area contributed by atoms with Crippen molar-refractivity contribution in [1.82, 2.24) is 15.4 Å². The summed E-state index contributed by atoms with van der Waals surface area (Å²) in [5.74, 6) is -1.43. The third-order valence-electron chi connectivity index (χ3n) is 5.89. The molecule has 2 atom stereocenters. The Kier molecular flexibility index (Phi) is 8.87. The van der Waals surface area contributed by atoms with Crippen molar-refractivity contribution in [2.24, 2.45) is 0 Å². The van der Waals surface area contributed by atoms with Crippen LogP contribution in [0.4, 0.5) is 10.2 Å². The lowest BCUT2D eigenvalue weighted by atomic mass is 10.0. The zero-order valence-electron chi connectivity index (χ0n) is 19.0. The number of pyridine rings is 1. The molecule has 9 heteroatoms. The Labute approximate surface area is 204 Å². The van der Waals surface area contributed by atoms with Crippen LogP contribution in [-0.4, -0.2) is 47.8 Å². The lowest BCUT2D eigenvalue weighted by molar-refractivity contribution is -0.199. The van der Waals surface area contributed by atoms with Gasteiger partial charge in [0.2, 0.25) is 0 Å². The number of halogens is 2. The third kappa shape index (κ3) is 7.24. The second-order valence-corrected chi connectivity index (χ2v) is 9.05. The lowest BCUT2D eigenvalue weighted by Crippen LogP contribution is -2.41. The van der Waals surface area contributed by atoms with Crippen LogP contribution >= 0.6 is 11.6 Å². The van der Waals surface area contributed by atoms with Gasteiger partial charge in [-0.15, -0.1) is 0 Å². The number of benzene rings is 1. The first kappa shape index (κ1) is 24.6. The largest absolute Gasteiger partial charge is 0.365 e. The SMILES string of the molecule is O=C(NOC1CCCCO1)/C(F)=C\c1cnc(N[C@@H]2CCCN(Cc3ccccc3)C2)c(Cl)c1. The highest BCUT2D eigenvalue weighted by atomic mass is 35.5. The summed E-state index contributed by atoms with van der Waals surface area (Å²) in [4.78, 5) is 23.8. The number of hydrogen-bond acceptors (Lipinski definition) is 6. The summed E-state index contributed by atoms with van der Waals surface area (Å²) in [7, 11) is 0. The van der Waals surface area contributed by atoms with Gasteiger partial charge in [0.25, 0.3) is 0 Å². The number of ether oxygens (including phenoxy) is 1. The maximum Gasteiger partial charge on any atom is 0.303 e. The van der Waals surface area contributed by atoms with Crippen molar-refractivity contribution in [3.8, 4) is 0 Å². The average molecular weight is 489 g/mol. The van der Waals surface area contributed by atoms with E-state index in [2.05, 4.69) is 44.9 Å². The number of hydroxylamine groups is 1. The number of amides is 1. The number of hydrogen-bond donors (Lipinski definition) is 2. The lowest BCUT2D eigenvalue weighted by Gasteiger charge is -2.33. The molecule has 4 rings (SSSR count). The predicted molar refractivity (Wildman–Crippen MR) is 130 cm³/mol. The minimum atomic E-state index is -1.00. The van der Waals surface area contributed by atoms with Gasteiger partial charge in [-0.2, -0.15) is 0 Å². The topological polar surface area (TPSA) is 75.7 Å². The molecule has 2 N–H and O–H groups in total. The predicted octanol–water partition coefficient (Wildman–Crippen LogP) is 4.70. The Morgan fingerprint density at radius 2 is 2.12 bits per heavy atom. The van der Waals surface area contributed by atoms with E-state index in [0.717, 1.165) is 51.4 Å². The number of aromatic nitrogens is 1. The average Bonchev–Trinajstić information content (AvgIpc) is 2.86. The fraction of sp³-hybridized carbons (Fsp3) is 0.440. The highest BCUT2D eigenvalue weighted by molar-refractivity contribution is 6.33. The summed E-state index contributed by atoms with van der Waals surface area (Å²) in [6, 6.07) is 12.2. The monoisotopic (exact) mass is 488 g/mol. The van der Waals surface area contributed by atoms with Crippen LogP contribution in [0.2, 0.25) is 5.02 Å². The quantitative estimate of drug-likeness (QED) is 0.414. The van der Waals surface area contributed by atoms with E-state index in [0.29, 0.717) is 29.4 Å². The van der Waals surface area contributed by atoms with Crippen molar-refractivity contribution in [2.45, 2.75) is 51.0 Å². The number of carbonyl (C=O) groups excluding carboxylic acids is 1. The molecule has 1 amide bonds. The smallest absolute Gasteiger partial charge is 0.303 e. The number of piperidine rings is 1. The van der Waals surface area contributed by atoms with Crippen molar-refractivity contribution in [3.63, 3.8) is 0 Å². The first-order chi connectivity index (χ1) is 16.6. The van der Waals surface area contributed by atoms with Crippen molar-refractivity contribution >= 4 is 29.4 Å². The van der Waals surface area contributed by atoms with E-state index in [9.17, 15) is 9.18 Å². The number of likely N-dealkylation sites (tertiary alicyclic amines) is 1. The molecule has 2 aliphatic heterocycles. The van der Waals surface area contributed by atoms with Crippen LogP contribution in [0.3, 0.4) is 0 Å². The van der Waals surface area contributed by atoms with Crippen LogP contribution in [0.25, 0.3) is 6.08 Å². The van der Waals surface area contributed by atoms with E-state index in [1.807, 2.05) is 6.07 Å². The van der Waals surface area contributed by atoms with Crippen molar-refractivity contribution in [1.29, 1.82) is 0 Å². The summed E-state index contributed by atoms with van der Waals surface area (Å²) in [6.45, 7) is 3.40. The molecule has 2 aromatic rings. The Hall–Kier alpha value is -2.52. The molecule has 0 bridgehead atoms. The van der Waals surface area contributed by atoms with Gasteiger partial charge in [0.05, 0.1) is 5.02 Å². The highest BCUT2D eigenvalue weighted by Crippen LogP contribution is 2.25. The van der Waals surface area contributed by atoms with Gasteiger partial charge in [-0.1, -0.05) is 41.9 Å². The minimum absolute atomic E-state index is 0.213. The Balaban J connectivity index is 1.30. The van der Waals surface area contributed by atoms with Crippen LogP contribution in [0.15, 0.2) is 48.4 Å². The first-order valence-electron chi connectivity index (χ1n) is 11.7. The maximum atomic E-state index is 14.3. The fourth-order valence-electron chi connectivity index (χ4n) is 4.17. The molecule has 2 fully saturated rings. The fourth-order valence-corrected chi connectivity index (χ4v) is 4.40. The summed E-state index contributed by atoms with van der Waals surface area (Å²) < 4.78 is 19.6. The molecule has 2 aliphatic rings. The van der Waals surface area contributed by atoms with Crippen LogP contribution in [0.1, 0.15) is 43.2 Å².